The van der Waals surface area contributed by atoms with E-state index in [4.69, 9.17) is 39.8 Å². The van der Waals surface area contributed by atoms with Crippen molar-refractivity contribution in [3.05, 3.63) is 78.7 Å². The molecule has 3 aromatic heterocycles. The fraction of sp³-hybridized carbons (Fsp3) is 0.238. The van der Waals surface area contributed by atoms with Crippen LogP contribution < -0.4 is 5.56 Å². The topological polar surface area (TPSA) is 76.5 Å². The third-order valence-corrected chi connectivity index (χ3v) is 5.65. The van der Waals surface area contributed by atoms with E-state index >= 15 is 0 Å². The molecule has 4 rings (SSSR count). The fourth-order valence-electron chi connectivity index (χ4n) is 3.34. The third-order valence-electron chi connectivity index (χ3n) is 4.86. The lowest BCUT2D eigenvalue weighted by atomic mass is 10.1. The smallest absolute Gasteiger partial charge is 0.262 e. The molecule has 154 valence electrons. The number of hydrogen-bond acceptors (Lipinski definition) is 4. The summed E-state index contributed by atoms with van der Waals surface area (Å²) in [5.74, 6) is 0.495. The number of benzene rings is 1. The molecule has 0 saturated carbocycles. The van der Waals surface area contributed by atoms with Crippen LogP contribution in [0.3, 0.4) is 0 Å². The van der Waals surface area contributed by atoms with E-state index in [9.17, 15) is 4.79 Å². The highest BCUT2D eigenvalue weighted by Crippen LogP contribution is 2.34. The van der Waals surface area contributed by atoms with Crippen molar-refractivity contribution >= 4 is 45.8 Å². The first-order valence-corrected chi connectivity index (χ1v) is 10.5. The Morgan fingerprint density at radius 3 is 2.50 bits per heavy atom. The minimum absolute atomic E-state index is 0.00656. The van der Waals surface area contributed by atoms with E-state index in [2.05, 4.69) is 15.1 Å². The van der Waals surface area contributed by atoms with Crippen LogP contribution in [0.4, 0.5) is 0 Å². The molecule has 0 bridgehead atoms. The van der Waals surface area contributed by atoms with Crippen LogP contribution in [-0.2, 0) is 6.42 Å². The summed E-state index contributed by atoms with van der Waals surface area (Å²) in [5.41, 5.74) is 3.22. The van der Waals surface area contributed by atoms with Gasteiger partial charge in [-0.15, -0.1) is 0 Å². The monoisotopic (exact) mass is 461 g/mol. The molecule has 1 aromatic carbocycles. The highest BCUT2D eigenvalue weighted by atomic mass is 35.5. The van der Waals surface area contributed by atoms with E-state index in [0.29, 0.717) is 49.7 Å². The molecule has 0 radical (unpaired) electrons. The molecule has 9 heteroatoms. The van der Waals surface area contributed by atoms with Gasteiger partial charge in [0.2, 0.25) is 0 Å². The Morgan fingerprint density at radius 2 is 1.87 bits per heavy atom. The van der Waals surface area contributed by atoms with Gasteiger partial charge in [-0.25, -0.2) is 9.67 Å². The number of hydrogen-bond donors (Lipinski definition) is 1. The van der Waals surface area contributed by atoms with Gasteiger partial charge in [-0.1, -0.05) is 48.7 Å². The van der Waals surface area contributed by atoms with Gasteiger partial charge in [0.05, 0.1) is 15.7 Å². The second-order valence-corrected chi connectivity index (χ2v) is 8.61. The fourth-order valence-corrected chi connectivity index (χ4v) is 4.32. The summed E-state index contributed by atoms with van der Waals surface area (Å²) in [4.78, 5) is 24.8. The van der Waals surface area contributed by atoms with E-state index in [1.807, 2.05) is 26.8 Å². The SMILES string of the molecule is Cc1ccncc1Cc1nc2c(c(C(C)C)nn2-c2c(Cl)cc(Cl)cc2Cl)c(=O)[nH]1. The summed E-state index contributed by atoms with van der Waals surface area (Å²) in [6.07, 6.45) is 3.92. The number of pyridine rings is 1. The number of aryl methyl sites for hydroxylation is 1. The molecule has 3 heterocycles. The van der Waals surface area contributed by atoms with Gasteiger partial charge >= 0.3 is 0 Å². The van der Waals surface area contributed by atoms with E-state index in [1.54, 1.807) is 24.5 Å². The van der Waals surface area contributed by atoms with E-state index in [1.165, 1.54) is 4.68 Å². The molecule has 6 nitrogen and oxygen atoms in total. The average Bonchev–Trinajstić information content (AvgIpc) is 3.03. The molecule has 4 aromatic rings. The summed E-state index contributed by atoms with van der Waals surface area (Å²) in [5, 5.41) is 6.11. The maximum absolute atomic E-state index is 13.0. The van der Waals surface area contributed by atoms with Crippen LogP contribution in [0.2, 0.25) is 15.1 Å². The van der Waals surface area contributed by atoms with Gasteiger partial charge in [-0.2, -0.15) is 5.10 Å². The maximum Gasteiger partial charge on any atom is 0.262 e. The predicted octanol–water partition coefficient (Wildman–Crippen LogP) is 5.49. The van der Waals surface area contributed by atoms with Crippen molar-refractivity contribution in [1.82, 2.24) is 24.7 Å². The van der Waals surface area contributed by atoms with Crippen molar-refractivity contribution in [2.24, 2.45) is 0 Å². The van der Waals surface area contributed by atoms with Gasteiger partial charge in [0.15, 0.2) is 5.65 Å². The molecule has 0 amide bonds. The molecule has 0 aliphatic carbocycles. The summed E-state index contributed by atoms with van der Waals surface area (Å²) < 4.78 is 1.53. The number of H-pyrrole nitrogens is 1. The average molecular weight is 463 g/mol. The van der Waals surface area contributed by atoms with Crippen LogP contribution in [0.5, 0.6) is 0 Å². The van der Waals surface area contributed by atoms with Crippen molar-refractivity contribution in [3.63, 3.8) is 0 Å². The van der Waals surface area contributed by atoms with Gasteiger partial charge in [-0.3, -0.25) is 9.78 Å². The highest BCUT2D eigenvalue weighted by Gasteiger charge is 2.23. The lowest BCUT2D eigenvalue weighted by Gasteiger charge is -2.09. The minimum atomic E-state index is -0.257. The largest absolute Gasteiger partial charge is 0.310 e. The van der Waals surface area contributed by atoms with E-state index < -0.39 is 0 Å². The van der Waals surface area contributed by atoms with E-state index in [0.717, 1.165) is 11.1 Å². The molecule has 1 N–H and O–H groups in total. The van der Waals surface area contributed by atoms with Crippen molar-refractivity contribution in [2.45, 2.75) is 33.1 Å². The molecule has 0 atom stereocenters. The molecule has 0 spiro atoms. The van der Waals surface area contributed by atoms with Gasteiger partial charge in [0.25, 0.3) is 5.56 Å². The maximum atomic E-state index is 13.0. The second kappa shape index (κ2) is 8.02. The summed E-state index contributed by atoms with van der Waals surface area (Å²) in [7, 11) is 0. The second-order valence-electron chi connectivity index (χ2n) is 7.36. The Balaban J connectivity index is 1.98. The number of halogens is 3. The molecule has 0 aliphatic rings. The van der Waals surface area contributed by atoms with Gasteiger partial charge in [0.1, 0.15) is 16.9 Å². The van der Waals surface area contributed by atoms with Crippen molar-refractivity contribution < 1.29 is 0 Å². The van der Waals surface area contributed by atoms with Crippen LogP contribution in [0.25, 0.3) is 16.7 Å². The van der Waals surface area contributed by atoms with Gasteiger partial charge in [-0.05, 0) is 42.2 Å². The van der Waals surface area contributed by atoms with Crippen molar-refractivity contribution in [2.75, 3.05) is 0 Å². The first kappa shape index (κ1) is 20.8. The van der Waals surface area contributed by atoms with Crippen molar-refractivity contribution in [1.29, 1.82) is 0 Å². The van der Waals surface area contributed by atoms with Gasteiger partial charge in [0, 0.05) is 23.8 Å². The molecule has 0 fully saturated rings. The molecule has 0 saturated heterocycles. The van der Waals surface area contributed by atoms with Gasteiger partial charge < -0.3 is 4.98 Å². The first-order chi connectivity index (χ1) is 14.3. The van der Waals surface area contributed by atoms with Crippen LogP contribution in [0.1, 0.15) is 42.4 Å². The van der Waals surface area contributed by atoms with Crippen LogP contribution in [-0.4, -0.2) is 24.7 Å². The minimum Gasteiger partial charge on any atom is -0.310 e. The number of aromatic nitrogens is 5. The zero-order valence-electron chi connectivity index (χ0n) is 16.5. The number of nitrogens with one attached hydrogen (secondary N) is 1. The standard InChI is InChI=1S/C21H18Cl3N5O/c1-10(2)18-17-20(29(28-18)19-14(23)7-13(22)8-15(19)24)26-16(27-21(17)30)6-12-9-25-5-4-11(12)3/h4-5,7-10H,6H2,1-3H3,(H,26,27,30). The molecular formula is C21H18Cl3N5O. The Kier molecular flexibility index (Phi) is 5.57. The Hall–Kier alpha value is -2.41. The van der Waals surface area contributed by atoms with Crippen molar-refractivity contribution in [3.8, 4) is 5.69 Å². The number of nitrogens with zero attached hydrogens (tertiary/aromatic N) is 4. The first-order valence-electron chi connectivity index (χ1n) is 9.32. The molecule has 0 aliphatic heterocycles. The number of fused-ring (bicyclic) bond motifs is 1. The van der Waals surface area contributed by atoms with Crippen LogP contribution in [0.15, 0.2) is 35.4 Å². The molecular weight excluding hydrogens is 445 g/mol. The lowest BCUT2D eigenvalue weighted by Crippen LogP contribution is -2.14. The summed E-state index contributed by atoms with van der Waals surface area (Å²) in [6.45, 7) is 5.91. The zero-order valence-corrected chi connectivity index (χ0v) is 18.8. The predicted molar refractivity (Wildman–Crippen MR) is 120 cm³/mol. The normalized spacial score (nSPS) is 11.6. The number of rotatable bonds is 4. The zero-order chi connectivity index (χ0) is 21.6. The Labute approximate surface area is 187 Å². The molecule has 30 heavy (non-hydrogen) atoms. The molecule has 0 unspecified atom stereocenters. The summed E-state index contributed by atoms with van der Waals surface area (Å²) in [6, 6.07) is 5.08. The Bertz CT molecular complexity index is 1300. The van der Waals surface area contributed by atoms with Crippen LogP contribution >= 0.6 is 34.8 Å². The Morgan fingerprint density at radius 1 is 1.17 bits per heavy atom. The quantitative estimate of drug-likeness (QED) is 0.435. The van der Waals surface area contributed by atoms with Crippen LogP contribution in [0, 0.1) is 6.92 Å². The number of aromatic amines is 1. The lowest BCUT2D eigenvalue weighted by molar-refractivity contribution is 0.776. The van der Waals surface area contributed by atoms with E-state index in [-0.39, 0.29) is 11.5 Å². The highest BCUT2D eigenvalue weighted by molar-refractivity contribution is 6.40. The summed E-state index contributed by atoms with van der Waals surface area (Å²) >= 11 is 18.9. The third kappa shape index (κ3) is 3.71.